The van der Waals surface area contributed by atoms with Crippen molar-refractivity contribution in [3.8, 4) is 0 Å². The highest BCUT2D eigenvalue weighted by atomic mass is 16.6. The molecule has 1 aliphatic heterocycles. The molecule has 0 amide bonds. The molecule has 0 aromatic rings. The van der Waals surface area contributed by atoms with Crippen molar-refractivity contribution in [2.45, 2.75) is 32.0 Å². The van der Waals surface area contributed by atoms with Crippen molar-refractivity contribution in [2.75, 3.05) is 0 Å². The zero-order valence-electron chi connectivity index (χ0n) is 6.21. The van der Waals surface area contributed by atoms with E-state index < -0.39 is 0 Å². The summed E-state index contributed by atoms with van der Waals surface area (Å²) in [6.07, 6.45) is 6.40. The number of rotatable bonds is 0. The van der Waals surface area contributed by atoms with Crippen molar-refractivity contribution in [1.82, 2.24) is 0 Å². The second kappa shape index (κ2) is 1.48. The van der Waals surface area contributed by atoms with Crippen LogP contribution in [-0.4, -0.2) is 12.2 Å². The highest BCUT2D eigenvalue weighted by Crippen LogP contribution is 2.58. The van der Waals surface area contributed by atoms with E-state index in [0.717, 1.165) is 11.8 Å². The van der Waals surface area contributed by atoms with Gasteiger partial charge in [0.05, 0.1) is 12.2 Å². The van der Waals surface area contributed by atoms with Crippen LogP contribution in [0.5, 0.6) is 0 Å². The van der Waals surface area contributed by atoms with E-state index in [-0.39, 0.29) is 0 Å². The Morgan fingerprint density at radius 1 is 1.50 bits per heavy atom. The van der Waals surface area contributed by atoms with E-state index in [1.165, 1.54) is 12.8 Å². The molecule has 3 fully saturated rings. The molecule has 10 heavy (non-hydrogen) atoms. The van der Waals surface area contributed by atoms with E-state index in [1.807, 2.05) is 0 Å². The van der Waals surface area contributed by atoms with Gasteiger partial charge < -0.3 is 4.74 Å². The van der Waals surface area contributed by atoms with Gasteiger partial charge >= 0.3 is 0 Å². The number of epoxide rings is 1. The average Bonchev–Trinajstić information content (AvgIpc) is 2.58. The first kappa shape index (κ1) is 5.36. The molecule has 0 aromatic heterocycles. The largest absolute Gasteiger partial charge is 0.369 e. The van der Waals surface area contributed by atoms with Crippen LogP contribution >= 0.6 is 0 Å². The summed E-state index contributed by atoms with van der Waals surface area (Å²) in [6, 6.07) is 0. The molecule has 0 spiro atoms. The minimum absolute atomic E-state index is 0.657. The van der Waals surface area contributed by atoms with E-state index in [9.17, 15) is 0 Å². The van der Waals surface area contributed by atoms with Gasteiger partial charge in [-0.1, -0.05) is 11.6 Å². The van der Waals surface area contributed by atoms with Crippen molar-refractivity contribution in [1.29, 1.82) is 0 Å². The Morgan fingerprint density at radius 3 is 3.00 bits per heavy atom. The Balaban J connectivity index is 1.98. The fourth-order valence-corrected chi connectivity index (χ4v) is 2.78. The Hall–Kier alpha value is -0.300. The van der Waals surface area contributed by atoms with Crippen molar-refractivity contribution >= 4 is 0 Å². The molecular weight excluding hydrogens is 124 g/mol. The zero-order valence-corrected chi connectivity index (χ0v) is 6.21. The lowest BCUT2D eigenvalue weighted by Gasteiger charge is -2.07. The molecule has 4 unspecified atom stereocenters. The van der Waals surface area contributed by atoms with Crippen LogP contribution in [0.3, 0.4) is 0 Å². The Kier molecular flexibility index (Phi) is 0.791. The summed E-state index contributed by atoms with van der Waals surface area (Å²) in [7, 11) is 0. The normalized spacial score (nSPS) is 59.5. The van der Waals surface area contributed by atoms with E-state index in [4.69, 9.17) is 4.74 Å². The number of fused-ring (bicyclic) bond motifs is 5. The second-order valence-corrected chi connectivity index (χ2v) is 3.74. The van der Waals surface area contributed by atoms with Crippen LogP contribution in [0, 0.1) is 11.8 Å². The highest BCUT2D eigenvalue weighted by Gasteiger charge is 2.61. The summed E-state index contributed by atoms with van der Waals surface area (Å²) in [4.78, 5) is 0. The average molecular weight is 136 g/mol. The molecule has 3 aliphatic rings. The summed E-state index contributed by atoms with van der Waals surface area (Å²) < 4.78 is 5.53. The maximum Gasteiger partial charge on any atom is 0.0910 e. The molecule has 1 nitrogen and oxygen atoms in total. The maximum absolute atomic E-state index is 5.53. The van der Waals surface area contributed by atoms with Crippen LogP contribution in [0.25, 0.3) is 0 Å². The number of allylic oxidation sites excluding steroid dienone is 1. The van der Waals surface area contributed by atoms with E-state index in [2.05, 4.69) is 13.0 Å². The maximum atomic E-state index is 5.53. The standard InChI is InChI=1S/C9H12O/c1-2-5-3-6-4-7(5)9-8(6)10-9/h2,6-9H,3-4H2,1H3. The lowest BCUT2D eigenvalue weighted by atomic mass is 9.95. The molecule has 1 heterocycles. The van der Waals surface area contributed by atoms with Crippen molar-refractivity contribution in [3.63, 3.8) is 0 Å². The van der Waals surface area contributed by atoms with Gasteiger partial charge in [-0.2, -0.15) is 0 Å². The fourth-order valence-electron chi connectivity index (χ4n) is 2.78. The van der Waals surface area contributed by atoms with Crippen molar-refractivity contribution in [3.05, 3.63) is 11.6 Å². The first-order valence-corrected chi connectivity index (χ1v) is 4.20. The molecule has 2 saturated carbocycles. The minimum atomic E-state index is 0.657. The molecule has 0 radical (unpaired) electrons. The third-order valence-electron chi connectivity index (χ3n) is 3.32. The van der Waals surface area contributed by atoms with E-state index >= 15 is 0 Å². The Bertz CT molecular complexity index is 207. The molecule has 2 aliphatic carbocycles. The topological polar surface area (TPSA) is 12.5 Å². The van der Waals surface area contributed by atoms with Gasteiger partial charge in [-0.05, 0) is 25.7 Å². The predicted molar refractivity (Wildman–Crippen MR) is 38.6 cm³/mol. The highest BCUT2D eigenvalue weighted by molar-refractivity contribution is 5.26. The van der Waals surface area contributed by atoms with E-state index in [1.54, 1.807) is 5.57 Å². The Morgan fingerprint density at radius 2 is 2.40 bits per heavy atom. The first-order chi connectivity index (χ1) is 4.90. The van der Waals surface area contributed by atoms with Crippen LogP contribution in [-0.2, 0) is 4.74 Å². The molecule has 0 N–H and O–H groups in total. The van der Waals surface area contributed by atoms with Crippen molar-refractivity contribution in [2.24, 2.45) is 11.8 Å². The molecule has 1 heteroatoms. The number of ether oxygens (including phenoxy) is 1. The Labute approximate surface area is 61.1 Å². The first-order valence-electron chi connectivity index (χ1n) is 4.20. The molecule has 54 valence electrons. The van der Waals surface area contributed by atoms with Crippen molar-refractivity contribution < 1.29 is 4.74 Å². The second-order valence-electron chi connectivity index (χ2n) is 3.74. The number of hydrogen-bond acceptors (Lipinski definition) is 1. The van der Waals surface area contributed by atoms with Crippen LogP contribution < -0.4 is 0 Å². The van der Waals surface area contributed by atoms with Gasteiger partial charge in [0.15, 0.2) is 0 Å². The number of hydrogen-bond donors (Lipinski definition) is 0. The van der Waals surface area contributed by atoms with Gasteiger partial charge in [0.1, 0.15) is 0 Å². The summed E-state index contributed by atoms with van der Waals surface area (Å²) >= 11 is 0. The van der Waals surface area contributed by atoms with Crippen LogP contribution in [0.4, 0.5) is 0 Å². The SMILES string of the molecule is CC=C1CC2CC1C1OC21. The molecule has 3 rings (SSSR count). The summed E-state index contributed by atoms with van der Waals surface area (Å²) in [5.74, 6) is 1.74. The third-order valence-corrected chi connectivity index (χ3v) is 3.32. The third kappa shape index (κ3) is 0.450. The lowest BCUT2D eigenvalue weighted by Crippen LogP contribution is -2.08. The quantitative estimate of drug-likeness (QED) is 0.365. The van der Waals surface area contributed by atoms with Gasteiger partial charge in [-0.25, -0.2) is 0 Å². The van der Waals surface area contributed by atoms with Crippen LogP contribution in [0.15, 0.2) is 11.6 Å². The minimum Gasteiger partial charge on any atom is -0.369 e. The lowest BCUT2D eigenvalue weighted by molar-refractivity contribution is 0.268. The van der Waals surface area contributed by atoms with Gasteiger partial charge in [0.2, 0.25) is 0 Å². The molecule has 4 atom stereocenters. The smallest absolute Gasteiger partial charge is 0.0910 e. The zero-order chi connectivity index (χ0) is 6.72. The molecule has 1 saturated heterocycles. The molecule has 0 aromatic carbocycles. The van der Waals surface area contributed by atoms with Gasteiger partial charge in [-0.3, -0.25) is 0 Å². The monoisotopic (exact) mass is 136 g/mol. The summed E-state index contributed by atoms with van der Waals surface area (Å²) in [5.41, 5.74) is 1.67. The van der Waals surface area contributed by atoms with Crippen LogP contribution in [0.1, 0.15) is 19.8 Å². The fraction of sp³-hybridized carbons (Fsp3) is 0.778. The predicted octanol–water partition coefficient (Wildman–Crippen LogP) is 1.74. The van der Waals surface area contributed by atoms with Gasteiger partial charge in [0, 0.05) is 5.92 Å². The van der Waals surface area contributed by atoms with Gasteiger partial charge in [0.25, 0.3) is 0 Å². The molecular formula is C9H12O. The summed E-state index contributed by atoms with van der Waals surface area (Å²) in [6.45, 7) is 2.16. The van der Waals surface area contributed by atoms with Crippen LogP contribution in [0.2, 0.25) is 0 Å². The molecule has 2 bridgehead atoms. The van der Waals surface area contributed by atoms with Gasteiger partial charge in [-0.15, -0.1) is 0 Å². The summed E-state index contributed by atoms with van der Waals surface area (Å²) in [5, 5.41) is 0. The van der Waals surface area contributed by atoms with E-state index in [0.29, 0.717) is 12.2 Å².